The molecule has 0 radical (unpaired) electrons. The molecule has 0 fully saturated rings. The second-order valence-electron chi connectivity index (χ2n) is 5.21. The molecule has 0 spiro atoms. The number of urea groups is 1. The molecule has 0 saturated heterocycles. The van der Waals surface area contributed by atoms with Crippen LogP contribution in [0.3, 0.4) is 0 Å². The van der Waals surface area contributed by atoms with E-state index in [0.29, 0.717) is 28.8 Å². The number of halogens is 1. The normalized spacial score (nSPS) is 10.4. The van der Waals surface area contributed by atoms with E-state index in [2.05, 4.69) is 10.6 Å². The van der Waals surface area contributed by atoms with Gasteiger partial charge in [-0.2, -0.15) is 0 Å². The Morgan fingerprint density at radius 3 is 2.28 bits per heavy atom. The highest BCUT2D eigenvalue weighted by Crippen LogP contribution is 2.23. The number of carbonyl (C=O) groups is 2. The van der Waals surface area contributed by atoms with E-state index in [1.165, 1.54) is 18.4 Å². The predicted octanol–water partition coefficient (Wildman–Crippen LogP) is 4.04. The number of ether oxygens (including phenoxy) is 1. The summed E-state index contributed by atoms with van der Waals surface area (Å²) in [4.78, 5) is 26.6. The fourth-order valence-corrected chi connectivity index (χ4v) is 3.22. The van der Waals surface area contributed by atoms with Gasteiger partial charge in [0.2, 0.25) is 5.91 Å². The molecule has 6 nitrogen and oxygen atoms in total. The number of thiophene rings is 1. The first kappa shape index (κ1) is 19.2. The van der Waals surface area contributed by atoms with Gasteiger partial charge >= 0.3 is 6.03 Å². The van der Waals surface area contributed by atoms with Crippen molar-refractivity contribution in [2.75, 3.05) is 30.9 Å². The minimum atomic E-state index is -0.231. The molecule has 8 heteroatoms. The average Bonchev–Trinajstić information content (AvgIpc) is 2.99. The molecule has 1 heterocycles. The van der Waals surface area contributed by atoms with Crippen LogP contribution in [0, 0.1) is 0 Å². The van der Waals surface area contributed by atoms with Crippen LogP contribution in [0.5, 0.6) is 0 Å². The SMILES string of the molecule is CCN(Cc1ccc(Cl)s1)C(=O)Nc1ccc(NC(=O)COC)cc1. The Labute approximate surface area is 155 Å². The molecule has 3 amide bonds. The topological polar surface area (TPSA) is 70.7 Å². The summed E-state index contributed by atoms with van der Waals surface area (Å²) in [7, 11) is 1.46. The van der Waals surface area contributed by atoms with Crippen LogP contribution in [0.2, 0.25) is 4.34 Å². The molecule has 0 atom stereocenters. The smallest absolute Gasteiger partial charge is 0.322 e. The summed E-state index contributed by atoms with van der Waals surface area (Å²) < 4.78 is 5.47. The molecule has 2 aromatic rings. The number of hydrogen-bond acceptors (Lipinski definition) is 4. The van der Waals surface area contributed by atoms with E-state index < -0.39 is 0 Å². The summed E-state index contributed by atoms with van der Waals surface area (Å²) >= 11 is 7.39. The largest absolute Gasteiger partial charge is 0.375 e. The molecule has 0 saturated carbocycles. The molecular weight excluding hydrogens is 362 g/mol. The lowest BCUT2D eigenvalue weighted by Gasteiger charge is -2.20. The van der Waals surface area contributed by atoms with Crippen molar-refractivity contribution >= 4 is 46.3 Å². The number of amides is 3. The van der Waals surface area contributed by atoms with Gasteiger partial charge in [-0.05, 0) is 43.3 Å². The third-order valence-electron chi connectivity index (χ3n) is 3.34. The zero-order valence-electron chi connectivity index (χ0n) is 14.0. The summed E-state index contributed by atoms with van der Waals surface area (Å²) in [5, 5.41) is 5.54. The van der Waals surface area contributed by atoms with Crippen LogP contribution in [-0.4, -0.2) is 37.1 Å². The van der Waals surface area contributed by atoms with E-state index in [1.54, 1.807) is 29.2 Å². The van der Waals surface area contributed by atoms with Gasteiger partial charge in [0, 0.05) is 29.9 Å². The van der Waals surface area contributed by atoms with Gasteiger partial charge in [0.25, 0.3) is 0 Å². The Balaban J connectivity index is 1.93. The van der Waals surface area contributed by atoms with Gasteiger partial charge < -0.3 is 20.3 Å². The monoisotopic (exact) mass is 381 g/mol. The zero-order chi connectivity index (χ0) is 18.2. The van der Waals surface area contributed by atoms with Crippen LogP contribution < -0.4 is 10.6 Å². The molecule has 2 N–H and O–H groups in total. The van der Waals surface area contributed by atoms with E-state index >= 15 is 0 Å². The fraction of sp³-hybridized carbons (Fsp3) is 0.294. The number of nitrogens with one attached hydrogen (secondary N) is 2. The van der Waals surface area contributed by atoms with Crippen LogP contribution >= 0.6 is 22.9 Å². The quantitative estimate of drug-likeness (QED) is 0.760. The maximum absolute atomic E-state index is 12.4. The van der Waals surface area contributed by atoms with Crippen molar-refractivity contribution in [3.05, 3.63) is 45.6 Å². The van der Waals surface area contributed by atoms with Crippen molar-refractivity contribution in [2.45, 2.75) is 13.5 Å². The predicted molar refractivity (Wildman–Crippen MR) is 101 cm³/mol. The van der Waals surface area contributed by atoms with Crippen molar-refractivity contribution in [2.24, 2.45) is 0 Å². The number of methoxy groups -OCH3 is 1. The summed E-state index contributed by atoms with van der Waals surface area (Å²) in [5.41, 5.74) is 1.29. The van der Waals surface area contributed by atoms with E-state index in [1.807, 2.05) is 19.1 Å². The van der Waals surface area contributed by atoms with Gasteiger partial charge in [0.05, 0.1) is 10.9 Å². The summed E-state index contributed by atoms with van der Waals surface area (Å²) in [6.45, 7) is 3.00. The molecular formula is C17H20ClN3O3S. The third-order valence-corrected chi connectivity index (χ3v) is 4.56. The van der Waals surface area contributed by atoms with Crippen LogP contribution in [0.25, 0.3) is 0 Å². The number of rotatable bonds is 7. The first-order chi connectivity index (χ1) is 12.0. The van der Waals surface area contributed by atoms with Crippen molar-refractivity contribution in [3.8, 4) is 0 Å². The fourth-order valence-electron chi connectivity index (χ4n) is 2.12. The molecule has 0 bridgehead atoms. The number of nitrogens with zero attached hydrogens (tertiary/aromatic N) is 1. The standard InChI is InChI=1S/C17H20ClN3O3S/c1-3-21(10-14-8-9-15(18)25-14)17(23)20-13-6-4-12(5-7-13)19-16(22)11-24-2/h4-9H,3,10-11H2,1-2H3,(H,19,22)(H,20,23). The highest BCUT2D eigenvalue weighted by Gasteiger charge is 2.13. The van der Waals surface area contributed by atoms with E-state index in [9.17, 15) is 9.59 Å². The molecule has 0 aliphatic heterocycles. The first-order valence-electron chi connectivity index (χ1n) is 7.70. The molecule has 0 unspecified atom stereocenters. The molecule has 134 valence electrons. The van der Waals surface area contributed by atoms with E-state index in [4.69, 9.17) is 16.3 Å². The maximum atomic E-state index is 12.4. The average molecular weight is 382 g/mol. The Hall–Kier alpha value is -2.09. The molecule has 1 aromatic heterocycles. The minimum Gasteiger partial charge on any atom is -0.375 e. The zero-order valence-corrected chi connectivity index (χ0v) is 15.6. The summed E-state index contributed by atoms with van der Waals surface area (Å²) in [6, 6.07) is 10.5. The van der Waals surface area contributed by atoms with Crippen LogP contribution in [0.4, 0.5) is 16.2 Å². The van der Waals surface area contributed by atoms with E-state index in [0.717, 1.165) is 4.88 Å². The van der Waals surface area contributed by atoms with Crippen LogP contribution in [0.15, 0.2) is 36.4 Å². The van der Waals surface area contributed by atoms with Gasteiger partial charge in [-0.3, -0.25) is 4.79 Å². The lowest BCUT2D eigenvalue weighted by Crippen LogP contribution is -2.34. The summed E-state index contributed by atoms with van der Waals surface area (Å²) in [6.07, 6.45) is 0. The second-order valence-corrected chi connectivity index (χ2v) is 7.01. The van der Waals surface area contributed by atoms with Crippen LogP contribution in [0.1, 0.15) is 11.8 Å². The Morgan fingerprint density at radius 2 is 1.76 bits per heavy atom. The van der Waals surface area contributed by atoms with Gasteiger partial charge in [-0.1, -0.05) is 11.6 Å². The lowest BCUT2D eigenvalue weighted by atomic mass is 10.2. The highest BCUT2D eigenvalue weighted by atomic mass is 35.5. The highest BCUT2D eigenvalue weighted by molar-refractivity contribution is 7.16. The van der Waals surface area contributed by atoms with Gasteiger partial charge in [0.1, 0.15) is 6.61 Å². The maximum Gasteiger partial charge on any atom is 0.322 e. The van der Waals surface area contributed by atoms with Crippen molar-refractivity contribution < 1.29 is 14.3 Å². The number of hydrogen-bond donors (Lipinski definition) is 2. The Kier molecular flexibility index (Phi) is 7.24. The van der Waals surface area contributed by atoms with E-state index in [-0.39, 0.29) is 18.5 Å². The number of anilines is 2. The third kappa shape index (κ3) is 6.04. The van der Waals surface area contributed by atoms with Gasteiger partial charge in [-0.25, -0.2) is 4.79 Å². The van der Waals surface area contributed by atoms with Gasteiger partial charge in [-0.15, -0.1) is 11.3 Å². The molecule has 0 aliphatic rings. The summed E-state index contributed by atoms with van der Waals surface area (Å²) in [5.74, 6) is -0.231. The van der Waals surface area contributed by atoms with Crippen molar-refractivity contribution in [1.29, 1.82) is 0 Å². The first-order valence-corrected chi connectivity index (χ1v) is 8.90. The van der Waals surface area contributed by atoms with Gasteiger partial charge in [0.15, 0.2) is 0 Å². The van der Waals surface area contributed by atoms with Crippen molar-refractivity contribution in [1.82, 2.24) is 4.90 Å². The van der Waals surface area contributed by atoms with Crippen LogP contribution in [-0.2, 0) is 16.1 Å². The Bertz CT molecular complexity index is 718. The second kappa shape index (κ2) is 9.41. The Morgan fingerprint density at radius 1 is 1.12 bits per heavy atom. The molecule has 1 aromatic carbocycles. The minimum absolute atomic E-state index is 0.00329. The molecule has 25 heavy (non-hydrogen) atoms. The lowest BCUT2D eigenvalue weighted by molar-refractivity contribution is -0.119. The number of benzene rings is 1. The number of carbonyl (C=O) groups excluding carboxylic acids is 2. The molecule has 0 aliphatic carbocycles. The van der Waals surface area contributed by atoms with Crippen molar-refractivity contribution in [3.63, 3.8) is 0 Å². The molecule has 2 rings (SSSR count).